The molecule has 1 rings (SSSR count). The molecule has 0 saturated carbocycles. The molecule has 0 aliphatic carbocycles. The predicted molar refractivity (Wildman–Crippen MR) is 70.3 cm³/mol. The van der Waals surface area contributed by atoms with Crippen LogP contribution in [0.25, 0.3) is 0 Å². The van der Waals surface area contributed by atoms with E-state index in [1.807, 2.05) is 0 Å². The van der Waals surface area contributed by atoms with Gasteiger partial charge in [0.1, 0.15) is 0 Å². The maximum atomic E-state index is 12.0. The third-order valence-electron chi connectivity index (χ3n) is 2.72. The molecule has 0 aromatic heterocycles. The molecule has 1 N–H and O–H groups in total. The first-order valence-corrected chi connectivity index (χ1v) is 5.74. The number of hydrazine groups is 2. The van der Waals surface area contributed by atoms with Crippen LogP contribution >= 0.6 is 0 Å². The lowest BCUT2D eigenvalue weighted by Crippen LogP contribution is -2.62. The molecule has 2 amide bonds. The largest absolute Gasteiger partial charge is 0.294 e. The summed E-state index contributed by atoms with van der Waals surface area (Å²) in [6, 6.07) is 0. The molecule has 6 heteroatoms. The SMILES string of the molecule is C=CC(=O)N1CC(C(=O)C(=C)C)CN(C(=O)C=C)N1. The van der Waals surface area contributed by atoms with Crippen molar-refractivity contribution >= 4 is 17.6 Å². The second kappa shape index (κ2) is 6.10. The number of hydrogen-bond acceptors (Lipinski definition) is 4. The summed E-state index contributed by atoms with van der Waals surface area (Å²) in [4.78, 5) is 35.2. The lowest BCUT2D eigenvalue weighted by Gasteiger charge is -2.39. The number of ketones is 1. The molecule has 1 aliphatic rings. The van der Waals surface area contributed by atoms with E-state index >= 15 is 0 Å². The molecule has 0 aromatic carbocycles. The fourth-order valence-corrected chi connectivity index (χ4v) is 1.74. The van der Waals surface area contributed by atoms with Gasteiger partial charge in [-0.15, -0.1) is 5.53 Å². The Labute approximate surface area is 112 Å². The average molecular weight is 263 g/mol. The third kappa shape index (κ3) is 3.38. The van der Waals surface area contributed by atoms with Gasteiger partial charge in [0.2, 0.25) is 0 Å². The number of carbonyl (C=O) groups excluding carboxylic acids is 3. The summed E-state index contributed by atoms with van der Waals surface area (Å²) in [6.07, 6.45) is 2.22. The van der Waals surface area contributed by atoms with Crippen LogP contribution in [-0.4, -0.2) is 40.7 Å². The van der Waals surface area contributed by atoms with Crippen molar-refractivity contribution in [2.75, 3.05) is 13.1 Å². The minimum atomic E-state index is -0.508. The molecule has 1 fully saturated rings. The van der Waals surface area contributed by atoms with Gasteiger partial charge in [-0.2, -0.15) is 0 Å². The zero-order valence-electron chi connectivity index (χ0n) is 10.9. The maximum absolute atomic E-state index is 12.0. The summed E-state index contributed by atoms with van der Waals surface area (Å²) in [5, 5.41) is 2.34. The van der Waals surface area contributed by atoms with Crippen molar-refractivity contribution in [2.45, 2.75) is 6.92 Å². The van der Waals surface area contributed by atoms with Crippen LogP contribution in [0.4, 0.5) is 0 Å². The van der Waals surface area contributed by atoms with E-state index in [1.165, 1.54) is 10.0 Å². The van der Waals surface area contributed by atoms with Crippen LogP contribution in [0.1, 0.15) is 6.92 Å². The van der Waals surface area contributed by atoms with E-state index in [4.69, 9.17) is 0 Å². The van der Waals surface area contributed by atoms with Gasteiger partial charge >= 0.3 is 0 Å². The average Bonchev–Trinajstić information content (AvgIpc) is 2.43. The molecule has 6 nitrogen and oxygen atoms in total. The third-order valence-corrected chi connectivity index (χ3v) is 2.72. The number of Topliss-reactive ketones (excluding diaryl/α,β-unsaturated/α-hetero) is 1. The van der Waals surface area contributed by atoms with Crippen LogP contribution < -0.4 is 5.53 Å². The van der Waals surface area contributed by atoms with E-state index in [-0.39, 0.29) is 18.9 Å². The Morgan fingerprint density at radius 3 is 1.84 bits per heavy atom. The highest BCUT2D eigenvalue weighted by molar-refractivity contribution is 5.97. The van der Waals surface area contributed by atoms with Crippen molar-refractivity contribution in [3.8, 4) is 0 Å². The summed E-state index contributed by atoms with van der Waals surface area (Å²) in [7, 11) is 0. The number of nitrogens with one attached hydrogen (secondary N) is 1. The smallest absolute Gasteiger partial charge is 0.261 e. The Bertz CT molecular complexity index is 428. The van der Waals surface area contributed by atoms with Crippen molar-refractivity contribution in [1.29, 1.82) is 0 Å². The molecule has 1 heterocycles. The number of amides is 2. The van der Waals surface area contributed by atoms with Crippen molar-refractivity contribution in [3.05, 3.63) is 37.5 Å². The van der Waals surface area contributed by atoms with E-state index in [0.29, 0.717) is 5.57 Å². The molecule has 102 valence electrons. The molecule has 1 aliphatic heterocycles. The van der Waals surface area contributed by atoms with Crippen LogP contribution in [0.2, 0.25) is 0 Å². The van der Waals surface area contributed by atoms with Gasteiger partial charge in [-0.25, -0.2) is 0 Å². The molecule has 0 spiro atoms. The van der Waals surface area contributed by atoms with Gasteiger partial charge in [-0.05, 0) is 24.6 Å². The standard InChI is InChI=1S/C13H17N3O3/c1-5-11(17)15-7-10(13(19)9(3)4)8-16(14-15)12(18)6-2/h5-6,10,14H,1-3,7-8H2,4H3. The maximum Gasteiger partial charge on any atom is 0.261 e. The highest BCUT2D eigenvalue weighted by Gasteiger charge is 2.33. The fourth-order valence-electron chi connectivity index (χ4n) is 1.74. The van der Waals surface area contributed by atoms with Crippen molar-refractivity contribution in [3.63, 3.8) is 0 Å². The highest BCUT2D eigenvalue weighted by atomic mass is 16.2. The van der Waals surface area contributed by atoms with Crippen LogP contribution in [0, 0.1) is 5.92 Å². The number of hydrogen-bond donors (Lipinski definition) is 1. The highest BCUT2D eigenvalue weighted by Crippen LogP contribution is 2.14. The number of nitrogens with zero attached hydrogens (tertiary/aromatic N) is 2. The number of allylic oxidation sites excluding steroid dienone is 1. The van der Waals surface area contributed by atoms with Gasteiger partial charge in [0, 0.05) is 0 Å². The molecule has 19 heavy (non-hydrogen) atoms. The van der Waals surface area contributed by atoms with E-state index in [9.17, 15) is 14.4 Å². The Balaban J connectivity index is 2.95. The first-order chi connectivity index (χ1) is 8.90. The summed E-state index contributed by atoms with van der Waals surface area (Å²) in [5.74, 6) is -1.51. The van der Waals surface area contributed by atoms with E-state index in [2.05, 4.69) is 25.3 Å². The van der Waals surface area contributed by atoms with Gasteiger partial charge in [0.05, 0.1) is 19.0 Å². The second-order valence-corrected chi connectivity index (χ2v) is 4.25. The summed E-state index contributed by atoms with van der Waals surface area (Å²) >= 11 is 0. The summed E-state index contributed by atoms with van der Waals surface area (Å²) in [5.41, 5.74) is 3.01. The molecule has 0 aromatic rings. The fraction of sp³-hybridized carbons (Fsp3) is 0.308. The van der Waals surface area contributed by atoms with Crippen LogP contribution in [0.3, 0.4) is 0 Å². The molecule has 0 atom stereocenters. The first kappa shape index (κ1) is 14.8. The first-order valence-electron chi connectivity index (χ1n) is 5.74. The van der Waals surface area contributed by atoms with E-state index in [1.54, 1.807) is 6.92 Å². The molecule has 0 unspecified atom stereocenters. The molecular weight excluding hydrogens is 246 g/mol. The van der Waals surface area contributed by atoms with Crippen LogP contribution in [0.5, 0.6) is 0 Å². The zero-order chi connectivity index (χ0) is 14.6. The van der Waals surface area contributed by atoms with Crippen molar-refractivity contribution < 1.29 is 14.4 Å². The van der Waals surface area contributed by atoms with Crippen molar-refractivity contribution in [2.24, 2.45) is 5.92 Å². The van der Waals surface area contributed by atoms with Gasteiger partial charge in [-0.1, -0.05) is 19.7 Å². The normalized spacial score (nSPS) is 15.8. The molecule has 0 radical (unpaired) electrons. The quantitative estimate of drug-likeness (QED) is 0.736. The lowest BCUT2D eigenvalue weighted by molar-refractivity contribution is -0.153. The molecule has 0 bridgehead atoms. The minimum absolute atomic E-state index is 0.164. The Hall–Kier alpha value is -2.21. The Kier molecular flexibility index (Phi) is 4.77. The van der Waals surface area contributed by atoms with E-state index < -0.39 is 17.7 Å². The van der Waals surface area contributed by atoms with Crippen LogP contribution in [-0.2, 0) is 14.4 Å². The monoisotopic (exact) mass is 263 g/mol. The Morgan fingerprint density at radius 2 is 1.53 bits per heavy atom. The number of carbonyl (C=O) groups is 3. The predicted octanol–water partition coefficient (Wildman–Crippen LogP) is 0.210. The van der Waals surface area contributed by atoms with Gasteiger partial charge in [-0.3, -0.25) is 24.4 Å². The minimum Gasteiger partial charge on any atom is -0.294 e. The summed E-state index contributed by atoms with van der Waals surface area (Å²) in [6.45, 7) is 12.3. The van der Waals surface area contributed by atoms with Crippen LogP contribution in [0.15, 0.2) is 37.5 Å². The molecular formula is C13H17N3O3. The van der Waals surface area contributed by atoms with Gasteiger partial charge < -0.3 is 0 Å². The zero-order valence-corrected chi connectivity index (χ0v) is 10.9. The summed E-state index contributed by atoms with van der Waals surface area (Å²) < 4.78 is 0. The number of rotatable bonds is 4. The lowest BCUT2D eigenvalue weighted by atomic mass is 9.98. The van der Waals surface area contributed by atoms with E-state index in [0.717, 1.165) is 12.2 Å². The van der Waals surface area contributed by atoms with Crippen molar-refractivity contribution in [1.82, 2.24) is 15.6 Å². The van der Waals surface area contributed by atoms with Gasteiger partial charge in [0.25, 0.3) is 11.8 Å². The Morgan fingerprint density at radius 1 is 1.11 bits per heavy atom. The van der Waals surface area contributed by atoms with Gasteiger partial charge in [0.15, 0.2) is 5.78 Å². The second-order valence-electron chi connectivity index (χ2n) is 4.25. The topological polar surface area (TPSA) is 69.7 Å². The molecule has 1 saturated heterocycles.